The lowest BCUT2D eigenvalue weighted by molar-refractivity contribution is -0.147. The van der Waals surface area contributed by atoms with E-state index in [1.807, 2.05) is 31.2 Å². The highest BCUT2D eigenvalue weighted by Crippen LogP contribution is 2.25. The molecule has 0 N–H and O–H groups in total. The maximum atomic E-state index is 11.4. The fraction of sp³-hybridized carbons (Fsp3) is 0.583. The van der Waals surface area contributed by atoms with E-state index in [2.05, 4.69) is 0 Å². The number of ether oxygens (including phenoxy) is 1. The fourth-order valence-corrected chi connectivity index (χ4v) is 1.65. The Morgan fingerprint density at radius 2 is 2.07 bits per heavy atom. The summed E-state index contributed by atoms with van der Waals surface area (Å²) >= 11 is 0. The Hall–Kier alpha value is -1.05. The van der Waals surface area contributed by atoms with Crippen LogP contribution in [0.15, 0.2) is 24.3 Å². The Morgan fingerprint density at radius 1 is 1.36 bits per heavy atom. The number of esters is 1. The van der Waals surface area contributed by atoms with Crippen LogP contribution in [0.2, 0.25) is 0 Å². The van der Waals surface area contributed by atoms with Crippen molar-refractivity contribution in [2.75, 3.05) is 6.61 Å². The molecular weight excluding hydrogens is 176 g/mol. The zero-order valence-corrected chi connectivity index (χ0v) is 8.74. The quantitative estimate of drug-likeness (QED) is 0.508. The van der Waals surface area contributed by atoms with Gasteiger partial charge in [-0.2, -0.15) is 0 Å². The minimum absolute atomic E-state index is 0.0207. The monoisotopic (exact) mass is 194 g/mol. The largest absolute Gasteiger partial charge is 0.461 e. The Labute approximate surface area is 85.6 Å². The lowest BCUT2D eigenvalue weighted by Crippen LogP contribution is -2.14. The second kappa shape index (κ2) is 6.41. The maximum Gasteiger partial charge on any atom is 0.309 e. The summed E-state index contributed by atoms with van der Waals surface area (Å²) in [6.07, 6.45) is 12.0. The highest BCUT2D eigenvalue weighted by molar-refractivity contribution is 5.72. The number of rotatable bonds is 4. The highest BCUT2D eigenvalue weighted by atomic mass is 16.5. The summed E-state index contributed by atoms with van der Waals surface area (Å²) in [7, 11) is 0. The molecule has 0 aromatic carbocycles. The van der Waals surface area contributed by atoms with E-state index >= 15 is 0 Å². The second-order valence-corrected chi connectivity index (χ2v) is 3.57. The third-order valence-electron chi connectivity index (χ3n) is 2.45. The molecule has 1 saturated carbocycles. The molecule has 0 spiro atoms. The van der Waals surface area contributed by atoms with Gasteiger partial charge in [0, 0.05) is 0 Å². The molecule has 0 bridgehead atoms. The SMILES string of the molecule is C/C=C/C=C/COC(=O)C1CCCC1. The molecule has 2 nitrogen and oxygen atoms in total. The first-order valence-electron chi connectivity index (χ1n) is 5.29. The summed E-state index contributed by atoms with van der Waals surface area (Å²) in [4.78, 5) is 11.4. The summed E-state index contributed by atoms with van der Waals surface area (Å²) in [5, 5.41) is 0. The van der Waals surface area contributed by atoms with Gasteiger partial charge in [0.2, 0.25) is 0 Å². The standard InChI is InChI=1S/C12H18O2/c1-2-3-4-7-10-14-12(13)11-8-5-6-9-11/h2-4,7,11H,5-6,8-10H2,1H3/b3-2+,7-4+. The van der Waals surface area contributed by atoms with Crippen LogP contribution in [0.3, 0.4) is 0 Å². The lowest BCUT2D eigenvalue weighted by atomic mass is 10.1. The maximum absolute atomic E-state index is 11.4. The van der Waals surface area contributed by atoms with Crippen molar-refractivity contribution < 1.29 is 9.53 Å². The lowest BCUT2D eigenvalue weighted by Gasteiger charge is -2.06. The van der Waals surface area contributed by atoms with E-state index in [0.717, 1.165) is 12.8 Å². The van der Waals surface area contributed by atoms with Gasteiger partial charge in [0.1, 0.15) is 6.61 Å². The summed E-state index contributed by atoms with van der Waals surface area (Å²) in [6.45, 7) is 2.36. The van der Waals surface area contributed by atoms with Gasteiger partial charge in [0.05, 0.1) is 5.92 Å². The van der Waals surface area contributed by atoms with Gasteiger partial charge in [-0.25, -0.2) is 0 Å². The molecule has 0 aliphatic heterocycles. The first-order chi connectivity index (χ1) is 6.84. The Morgan fingerprint density at radius 3 is 2.71 bits per heavy atom. The molecule has 0 atom stereocenters. The zero-order chi connectivity index (χ0) is 10.2. The molecule has 1 rings (SSSR count). The Kier molecular flexibility index (Phi) is 5.05. The van der Waals surface area contributed by atoms with Crippen LogP contribution >= 0.6 is 0 Å². The predicted octanol–water partition coefficient (Wildman–Crippen LogP) is 2.85. The van der Waals surface area contributed by atoms with E-state index < -0.39 is 0 Å². The van der Waals surface area contributed by atoms with Gasteiger partial charge in [0.25, 0.3) is 0 Å². The van der Waals surface area contributed by atoms with Crippen LogP contribution < -0.4 is 0 Å². The van der Waals surface area contributed by atoms with Crippen LogP contribution in [0.5, 0.6) is 0 Å². The van der Waals surface area contributed by atoms with Crippen molar-refractivity contribution in [1.29, 1.82) is 0 Å². The van der Waals surface area contributed by atoms with E-state index in [4.69, 9.17) is 4.74 Å². The molecule has 1 aliphatic rings. The van der Waals surface area contributed by atoms with E-state index in [-0.39, 0.29) is 11.9 Å². The fourth-order valence-electron chi connectivity index (χ4n) is 1.65. The first-order valence-corrected chi connectivity index (χ1v) is 5.29. The van der Waals surface area contributed by atoms with Gasteiger partial charge >= 0.3 is 5.97 Å². The number of carbonyl (C=O) groups is 1. The average Bonchev–Trinajstić information content (AvgIpc) is 2.70. The minimum atomic E-state index is -0.0207. The number of hydrogen-bond acceptors (Lipinski definition) is 2. The minimum Gasteiger partial charge on any atom is -0.461 e. The zero-order valence-electron chi connectivity index (χ0n) is 8.74. The smallest absolute Gasteiger partial charge is 0.309 e. The van der Waals surface area contributed by atoms with Crippen molar-refractivity contribution in [3.05, 3.63) is 24.3 Å². The van der Waals surface area contributed by atoms with Gasteiger partial charge in [-0.1, -0.05) is 31.1 Å². The molecule has 2 heteroatoms. The molecule has 78 valence electrons. The molecule has 0 saturated heterocycles. The van der Waals surface area contributed by atoms with Crippen molar-refractivity contribution in [2.24, 2.45) is 5.92 Å². The van der Waals surface area contributed by atoms with E-state index in [1.165, 1.54) is 12.8 Å². The summed E-state index contributed by atoms with van der Waals surface area (Å²) in [5.41, 5.74) is 0. The predicted molar refractivity (Wildman–Crippen MR) is 56.9 cm³/mol. The molecular formula is C12H18O2. The molecule has 14 heavy (non-hydrogen) atoms. The molecule has 0 amide bonds. The van der Waals surface area contributed by atoms with Crippen molar-refractivity contribution >= 4 is 5.97 Å². The average molecular weight is 194 g/mol. The van der Waals surface area contributed by atoms with Crippen molar-refractivity contribution in [1.82, 2.24) is 0 Å². The topological polar surface area (TPSA) is 26.3 Å². The number of carbonyl (C=O) groups excluding carboxylic acids is 1. The van der Waals surface area contributed by atoms with Crippen LogP contribution in [-0.2, 0) is 9.53 Å². The summed E-state index contributed by atoms with van der Waals surface area (Å²) in [6, 6.07) is 0. The third-order valence-corrected chi connectivity index (χ3v) is 2.45. The van der Waals surface area contributed by atoms with Gasteiger partial charge < -0.3 is 4.74 Å². The molecule has 0 unspecified atom stereocenters. The second-order valence-electron chi connectivity index (χ2n) is 3.57. The van der Waals surface area contributed by atoms with E-state index in [1.54, 1.807) is 0 Å². The molecule has 1 fully saturated rings. The molecule has 0 radical (unpaired) electrons. The summed E-state index contributed by atoms with van der Waals surface area (Å²) in [5.74, 6) is 0.151. The van der Waals surface area contributed by atoms with Crippen LogP contribution in [0.1, 0.15) is 32.6 Å². The van der Waals surface area contributed by atoms with E-state index in [0.29, 0.717) is 6.61 Å². The highest BCUT2D eigenvalue weighted by Gasteiger charge is 2.23. The number of hydrogen-bond donors (Lipinski definition) is 0. The van der Waals surface area contributed by atoms with Gasteiger partial charge in [0.15, 0.2) is 0 Å². The first kappa shape index (κ1) is 11.0. The van der Waals surface area contributed by atoms with Crippen LogP contribution in [-0.4, -0.2) is 12.6 Å². The third kappa shape index (κ3) is 3.77. The van der Waals surface area contributed by atoms with E-state index in [9.17, 15) is 4.79 Å². The molecule has 0 heterocycles. The molecule has 0 aromatic heterocycles. The van der Waals surface area contributed by atoms with Crippen LogP contribution in [0, 0.1) is 5.92 Å². The Bertz CT molecular complexity index is 222. The van der Waals surface area contributed by atoms with Gasteiger partial charge in [-0.05, 0) is 25.8 Å². The summed E-state index contributed by atoms with van der Waals surface area (Å²) < 4.78 is 5.11. The Balaban J connectivity index is 2.14. The van der Waals surface area contributed by atoms with Crippen molar-refractivity contribution in [2.45, 2.75) is 32.6 Å². The van der Waals surface area contributed by atoms with Gasteiger partial charge in [-0.15, -0.1) is 0 Å². The van der Waals surface area contributed by atoms with Crippen molar-refractivity contribution in [3.8, 4) is 0 Å². The van der Waals surface area contributed by atoms with Crippen LogP contribution in [0.25, 0.3) is 0 Å². The van der Waals surface area contributed by atoms with Crippen LogP contribution in [0.4, 0.5) is 0 Å². The normalized spacial score (nSPS) is 18.4. The van der Waals surface area contributed by atoms with Crippen molar-refractivity contribution in [3.63, 3.8) is 0 Å². The number of allylic oxidation sites excluding steroid dienone is 3. The molecule has 1 aliphatic carbocycles. The molecule has 0 aromatic rings. The van der Waals surface area contributed by atoms with Gasteiger partial charge in [-0.3, -0.25) is 4.79 Å².